The number of benzene rings is 1. The van der Waals surface area contributed by atoms with E-state index in [-0.39, 0.29) is 17.2 Å². The van der Waals surface area contributed by atoms with Gasteiger partial charge < -0.3 is 14.6 Å². The molecule has 0 saturated carbocycles. The standard InChI is InChI=1S/C23H32N6O2/c1-15-9-17-11-18(22(30)24-20(17)10-16(15)2)12-28(13-19-7-6-8-31-19)14-21-25-26-27-29(21)23(3,4)5/h9-11,19H,6-8,12-14H2,1-5H3,(H,24,30)/p+1/t19-/m1/s1. The van der Waals surface area contributed by atoms with E-state index in [4.69, 9.17) is 4.74 Å². The average molecular weight is 426 g/mol. The largest absolute Gasteiger partial charge is 0.372 e. The maximum atomic E-state index is 12.9. The second kappa shape index (κ2) is 8.51. The van der Waals surface area contributed by atoms with Crippen molar-refractivity contribution in [2.24, 2.45) is 0 Å². The number of H-pyrrole nitrogens is 1. The highest BCUT2D eigenvalue weighted by Gasteiger charge is 2.27. The zero-order chi connectivity index (χ0) is 22.2. The first-order valence-corrected chi connectivity index (χ1v) is 11.1. The van der Waals surface area contributed by atoms with Gasteiger partial charge in [0.1, 0.15) is 25.7 Å². The fourth-order valence-corrected chi connectivity index (χ4v) is 4.32. The van der Waals surface area contributed by atoms with E-state index in [1.54, 1.807) is 0 Å². The van der Waals surface area contributed by atoms with Gasteiger partial charge in [0.15, 0.2) is 0 Å². The first-order chi connectivity index (χ1) is 14.7. The number of pyridine rings is 1. The Labute approximate surface area is 182 Å². The number of aromatic nitrogens is 5. The van der Waals surface area contributed by atoms with Gasteiger partial charge in [-0.05, 0) is 92.6 Å². The van der Waals surface area contributed by atoms with Crippen molar-refractivity contribution < 1.29 is 9.64 Å². The molecule has 0 amide bonds. The monoisotopic (exact) mass is 425 g/mol. The molecule has 0 radical (unpaired) electrons. The summed E-state index contributed by atoms with van der Waals surface area (Å²) in [5.74, 6) is 0.823. The Morgan fingerprint density at radius 2 is 1.97 bits per heavy atom. The summed E-state index contributed by atoms with van der Waals surface area (Å²) in [5, 5.41) is 13.5. The first kappa shape index (κ1) is 21.6. The average Bonchev–Trinajstić information content (AvgIpc) is 3.35. The molecule has 3 aromatic rings. The van der Waals surface area contributed by atoms with Crippen LogP contribution >= 0.6 is 0 Å². The number of aromatic amines is 1. The highest BCUT2D eigenvalue weighted by atomic mass is 16.5. The molecule has 2 atom stereocenters. The Morgan fingerprint density at radius 3 is 2.68 bits per heavy atom. The number of rotatable bonds is 6. The Hall–Kier alpha value is -2.58. The Bertz CT molecular complexity index is 1120. The third kappa shape index (κ3) is 4.85. The number of ether oxygens (including phenoxy) is 1. The highest BCUT2D eigenvalue weighted by Crippen LogP contribution is 2.17. The van der Waals surface area contributed by atoms with Crippen LogP contribution in [0, 0.1) is 13.8 Å². The number of fused-ring (bicyclic) bond motifs is 1. The molecule has 31 heavy (non-hydrogen) atoms. The molecule has 2 N–H and O–H groups in total. The number of nitrogens with one attached hydrogen (secondary N) is 2. The lowest BCUT2D eigenvalue weighted by molar-refractivity contribution is -0.931. The van der Waals surface area contributed by atoms with Gasteiger partial charge in [-0.25, -0.2) is 4.68 Å². The van der Waals surface area contributed by atoms with Crippen molar-refractivity contribution >= 4 is 10.9 Å². The molecule has 4 rings (SSSR count). The number of hydrogen-bond donors (Lipinski definition) is 2. The molecular weight excluding hydrogens is 392 g/mol. The molecule has 1 saturated heterocycles. The Kier molecular flexibility index (Phi) is 5.94. The smallest absolute Gasteiger partial charge is 0.257 e. The number of aryl methyl sites for hydroxylation is 2. The van der Waals surface area contributed by atoms with E-state index in [2.05, 4.69) is 61.2 Å². The number of tetrazole rings is 1. The van der Waals surface area contributed by atoms with Crippen LogP contribution in [0.1, 0.15) is 56.1 Å². The lowest BCUT2D eigenvalue weighted by atomic mass is 10.0. The van der Waals surface area contributed by atoms with E-state index in [1.807, 2.05) is 16.8 Å². The van der Waals surface area contributed by atoms with Gasteiger partial charge >= 0.3 is 0 Å². The van der Waals surface area contributed by atoms with Crippen molar-refractivity contribution in [1.82, 2.24) is 25.2 Å². The summed E-state index contributed by atoms with van der Waals surface area (Å²) in [4.78, 5) is 17.2. The predicted octanol–water partition coefficient (Wildman–Crippen LogP) is 1.65. The van der Waals surface area contributed by atoms with Crippen LogP contribution in [-0.2, 0) is 23.4 Å². The molecular formula is C23H33N6O2+. The molecule has 8 heteroatoms. The van der Waals surface area contributed by atoms with E-state index < -0.39 is 0 Å². The summed E-state index contributed by atoms with van der Waals surface area (Å²) in [7, 11) is 0. The summed E-state index contributed by atoms with van der Waals surface area (Å²) in [6.45, 7) is 13.3. The normalized spacial score (nSPS) is 18.0. The third-order valence-corrected chi connectivity index (χ3v) is 6.09. The van der Waals surface area contributed by atoms with Crippen molar-refractivity contribution in [3.63, 3.8) is 0 Å². The van der Waals surface area contributed by atoms with Crippen LogP contribution in [0.5, 0.6) is 0 Å². The Balaban J connectivity index is 1.64. The topological polar surface area (TPSA) is 90.1 Å². The quantitative estimate of drug-likeness (QED) is 0.627. The van der Waals surface area contributed by atoms with Crippen LogP contribution in [0.25, 0.3) is 10.9 Å². The zero-order valence-corrected chi connectivity index (χ0v) is 19.2. The molecule has 1 aliphatic rings. The fourth-order valence-electron chi connectivity index (χ4n) is 4.32. The van der Waals surface area contributed by atoms with E-state index in [0.29, 0.717) is 13.1 Å². The number of hydrogen-bond acceptors (Lipinski definition) is 5. The molecule has 1 aliphatic heterocycles. The molecule has 3 heterocycles. The van der Waals surface area contributed by atoms with Crippen LogP contribution in [0.2, 0.25) is 0 Å². The molecule has 0 spiro atoms. The van der Waals surface area contributed by atoms with E-state index in [0.717, 1.165) is 48.3 Å². The Morgan fingerprint density at radius 1 is 1.19 bits per heavy atom. The minimum atomic E-state index is -0.205. The maximum Gasteiger partial charge on any atom is 0.257 e. The second-order valence-corrected chi connectivity index (χ2v) is 9.77. The molecule has 1 unspecified atom stereocenters. The van der Waals surface area contributed by atoms with Crippen molar-refractivity contribution in [2.75, 3.05) is 13.2 Å². The van der Waals surface area contributed by atoms with Crippen molar-refractivity contribution in [3.05, 3.63) is 51.1 Å². The van der Waals surface area contributed by atoms with Gasteiger partial charge in [-0.3, -0.25) is 4.79 Å². The van der Waals surface area contributed by atoms with Gasteiger partial charge in [-0.2, -0.15) is 0 Å². The van der Waals surface area contributed by atoms with Crippen molar-refractivity contribution in [3.8, 4) is 0 Å². The SMILES string of the molecule is Cc1cc2cc(C[NH+](Cc3nnnn3C(C)(C)C)C[C@H]3CCCO3)c(=O)[nH]c2cc1C. The van der Waals surface area contributed by atoms with E-state index in [1.165, 1.54) is 16.0 Å². The second-order valence-electron chi connectivity index (χ2n) is 9.77. The minimum absolute atomic E-state index is 0.0315. The molecule has 0 aliphatic carbocycles. The van der Waals surface area contributed by atoms with Gasteiger partial charge in [0.2, 0.25) is 5.82 Å². The summed E-state index contributed by atoms with van der Waals surface area (Å²) in [5.41, 5.74) is 3.82. The van der Waals surface area contributed by atoms with Crippen LogP contribution in [0.3, 0.4) is 0 Å². The van der Waals surface area contributed by atoms with Crippen LogP contribution < -0.4 is 10.5 Å². The van der Waals surface area contributed by atoms with Gasteiger partial charge in [0, 0.05) is 12.1 Å². The van der Waals surface area contributed by atoms with Gasteiger partial charge in [-0.15, -0.1) is 5.10 Å². The molecule has 2 aromatic heterocycles. The molecule has 1 aromatic carbocycles. The maximum absolute atomic E-state index is 12.9. The lowest BCUT2D eigenvalue weighted by Crippen LogP contribution is -3.10. The van der Waals surface area contributed by atoms with Gasteiger partial charge in [0.05, 0.1) is 11.1 Å². The van der Waals surface area contributed by atoms with Crippen molar-refractivity contribution in [2.45, 2.75) is 72.2 Å². The fraction of sp³-hybridized carbons (Fsp3) is 0.565. The summed E-state index contributed by atoms with van der Waals surface area (Å²) in [6.07, 6.45) is 2.35. The molecule has 1 fully saturated rings. The van der Waals surface area contributed by atoms with Crippen molar-refractivity contribution in [1.29, 1.82) is 0 Å². The van der Waals surface area contributed by atoms with E-state index in [9.17, 15) is 4.79 Å². The number of nitrogens with zero attached hydrogens (tertiary/aromatic N) is 4. The minimum Gasteiger partial charge on any atom is -0.372 e. The highest BCUT2D eigenvalue weighted by molar-refractivity contribution is 5.80. The summed E-state index contributed by atoms with van der Waals surface area (Å²) < 4.78 is 7.78. The summed E-state index contributed by atoms with van der Waals surface area (Å²) in [6, 6.07) is 6.22. The van der Waals surface area contributed by atoms with Crippen LogP contribution in [-0.4, -0.2) is 44.4 Å². The predicted molar refractivity (Wildman–Crippen MR) is 119 cm³/mol. The lowest BCUT2D eigenvalue weighted by Gasteiger charge is -2.24. The molecule has 8 nitrogen and oxygen atoms in total. The van der Waals surface area contributed by atoms with E-state index >= 15 is 0 Å². The third-order valence-electron chi connectivity index (χ3n) is 6.09. The molecule has 0 bridgehead atoms. The van der Waals surface area contributed by atoms with Crippen LogP contribution in [0.15, 0.2) is 23.0 Å². The van der Waals surface area contributed by atoms with Crippen LogP contribution in [0.4, 0.5) is 0 Å². The number of quaternary nitrogens is 1. The zero-order valence-electron chi connectivity index (χ0n) is 19.2. The van der Waals surface area contributed by atoms with Gasteiger partial charge in [-0.1, -0.05) is 0 Å². The first-order valence-electron chi connectivity index (χ1n) is 11.1. The summed E-state index contributed by atoms with van der Waals surface area (Å²) >= 11 is 0. The molecule has 166 valence electrons. The van der Waals surface area contributed by atoms with Gasteiger partial charge in [0.25, 0.3) is 5.56 Å².